The zero-order valence-electron chi connectivity index (χ0n) is 10.5. The number of halogens is 1. The highest BCUT2D eigenvalue weighted by Gasteiger charge is 2.06. The first-order chi connectivity index (χ1) is 9.25. The second kappa shape index (κ2) is 4.90. The van der Waals surface area contributed by atoms with E-state index in [1.54, 1.807) is 12.4 Å². The summed E-state index contributed by atoms with van der Waals surface area (Å²) in [6.45, 7) is 0.650. The molecule has 5 heteroatoms. The van der Waals surface area contributed by atoms with Gasteiger partial charge >= 0.3 is 0 Å². The van der Waals surface area contributed by atoms with Gasteiger partial charge in [-0.25, -0.2) is 4.98 Å². The van der Waals surface area contributed by atoms with Crippen LogP contribution in [0, 0.1) is 0 Å². The van der Waals surface area contributed by atoms with Crippen LogP contribution in [0.15, 0.2) is 42.9 Å². The molecule has 0 unspecified atom stereocenters. The number of anilines is 1. The molecule has 2 aromatic heterocycles. The van der Waals surface area contributed by atoms with Gasteiger partial charge in [-0.15, -0.1) is 0 Å². The van der Waals surface area contributed by atoms with Crippen molar-refractivity contribution in [3.8, 4) is 0 Å². The SMILES string of the molecule is Cn1ccnc1CNc1ccc(Cl)c2cccnc12. The van der Waals surface area contributed by atoms with Gasteiger partial charge in [0.15, 0.2) is 0 Å². The van der Waals surface area contributed by atoms with Crippen LogP contribution in [0.3, 0.4) is 0 Å². The molecule has 1 aromatic carbocycles. The van der Waals surface area contributed by atoms with E-state index in [0.717, 1.165) is 22.4 Å². The molecule has 0 atom stereocenters. The largest absolute Gasteiger partial charge is 0.376 e. The molecule has 0 bridgehead atoms. The number of hydrogen-bond acceptors (Lipinski definition) is 3. The zero-order valence-corrected chi connectivity index (χ0v) is 11.2. The lowest BCUT2D eigenvalue weighted by Gasteiger charge is -2.10. The lowest BCUT2D eigenvalue weighted by Crippen LogP contribution is -2.06. The molecule has 96 valence electrons. The summed E-state index contributed by atoms with van der Waals surface area (Å²) in [7, 11) is 1.97. The average Bonchev–Trinajstić information content (AvgIpc) is 2.84. The minimum Gasteiger partial charge on any atom is -0.376 e. The molecule has 0 aliphatic carbocycles. The maximum absolute atomic E-state index is 6.17. The van der Waals surface area contributed by atoms with Crippen LogP contribution < -0.4 is 5.32 Å². The second-order valence-corrected chi connectivity index (χ2v) is 4.71. The Labute approximate surface area is 116 Å². The predicted molar refractivity (Wildman–Crippen MR) is 77.3 cm³/mol. The summed E-state index contributed by atoms with van der Waals surface area (Å²) >= 11 is 6.17. The Hall–Kier alpha value is -2.07. The molecule has 0 fully saturated rings. The molecule has 0 amide bonds. The molecule has 0 saturated carbocycles. The second-order valence-electron chi connectivity index (χ2n) is 4.30. The van der Waals surface area contributed by atoms with E-state index in [9.17, 15) is 0 Å². The van der Waals surface area contributed by atoms with Crippen molar-refractivity contribution in [3.05, 3.63) is 53.7 Å². The van der Waals surface area contributed by atoms with Crippen LogP contribution in [-0.4, -0.2) is 14.5 Å². The molecule has 2 heterocycles. The number of hydrogen-bond donors (Lipinski definition) is 1. The number of nitrogens with one attached hydrogen (secondary N) is 1. The molecular weight excluding hydrogens is 260 g/mol. The van der Waals surface area contributed by atoms with E-state index in [2.05, 4.69) is 15.3 Å². The molecule has 0 spiro atoms. The van der Waals surface area contributed by atoms with Crippen molar-refractivity contribution in [2.24, 2.45) is 7.05 Å². The number of fused-ring (bicyclic) bond motifs is 1. The first kappa shape index (κ1) is 12.0. The molecular formula is C14H13ClN4. The number of nitrogens with zero attached hydrogens (tertiary/aromatic N) is 3. The summed E-state index contributed by atoms with van der Waals surface area (Å²) in [5.74, 6) is 0.971. The fraction of sp³-hybridized carbons (Fsp3) is 0.143. The van der Waals surface area contributed by atoms with Crippen LogP contribution in [-0.2, 0) is 13.6 Å². The molecule has 0 aliphatic rings. The fourth-order valence-corrected chi connectivity index (χ4v) is 2.24. The molecule has 4 nitrogen and oxygen atoms in total. The highest BCUT2D eigenvalue weighted by Crippen LogP contribution is 2.28. The summed E-state index contributed by atoms with van der Waals surface area (Å²) in [6, 6.07) is 7.68. The fourth-order valence-electron chi connectivity index (χ4n) is 2.02. The van der Waals surface area contributed by atoms with Gasteiger partial charge in [-0.2, -0.15) is 0 Å². The van der Waals surface area contributed by atoms with Crippen LogP contribution in [0.2, 0.25) is 5.02 Å². The number of imidazole rings is 1. The molecule has 0 aliphatic heterocycles. The highest BCUT2D eigenvalue weighted by molar-refractivity contribution is 6.35. The number of aromatic nitrogens is 3. The van der Waals surface area contributed by atoms with Gasteiger partial charge in [0.25, 0.3) is 0 Å². The smallest absolute Gasteiger partial charge is 0.127 e. The summed E-state index contributed by atoms with van der Waals surface area (Å²) in [5, 5.41) is 5.02. The van der Waals surface area contributed by atoms with Crippen molar-refractivity contribution in [1.29, 1.82) is 0 Å². The van der Waals surface area contributed by atoms with Gasteiger partial charge in [-0.1, -0.05) is 11.6 Å². The van der Waals surface area contributed by atoms with Crippen LogP contribution in [0.4, 0.5) is 5.69 Å². The predicted octanol–water partition coefficient (Wildman–Crippen LogP) is 3.23. The third kappa shape index (κ3) is 2.27. The van der Waals surface area contributed by atoms with Gasteiger partial charge in [0.1, 0.15) is 5.82 Å². The third-order valence-corrected chi connectivity index (χ3v) is 3.40. The standard InChI is InChI=1S/C14H13ClN4/c1-19-8-7-16-13(19)9-18-12-5-4-11(15)10-3-2-6-17-14(10)12/h2-8,18H,9H2,1H3. The van der Waals surface area contributed by atoms with Crippen molar-refractivity contribution >= 4 is 28.2 Å². The van der Waals surface area contributed by atoms with E-state index in [1.807, 2.05) is 42.1 Å². The number of pyridine rings is 1. The van der Waals surface area contributed by atoms with Crippen LogP contribution in [0.1, 0.15) is 5.82 Å². The molecule has 0 saturated heterocycles. The van der Waals surface area contributed by atoms with Crippen molar-refractivity contribution in [2.45, 2.75) is 6.54 Å². The van der Waals surface area contributed by atoms with Crippen molar-refractivity contribution < 1.29 is 0 Å². The first-order valence-corrected chi connectivity index (χ1v) is 6.37. The van der Waals surface area contributed by atoms with Crippen LogP contribution in [0.25, 0.3) is 10.9 Å². The van der Waals surface area contributed by atoms with Gasteiger partial charge < -0.3 is 9.88 Å². The Bertz CT molecular complexity index is 720. The summed E-state index contributed by atoms with van der Waals surface area (Å²) in [6.07, 6.45) is 5.48. The normalized spacial score (nSPS) is 10.8. The third-order valence-electron chi connectivity index (χ3n) is 3.07. The summed E-state index contributed by atoms with van der Waals surface area (Å²) in [5.41, 5.74) is 1.84. The number of aryl methyl sites for hydroxylation is 1. The van der Waals surface area contributed by atoms with Gasteiger partial charge in [-0.05, 0) is 24.3 Å². The average molecular weight is 273 g/mol. The Morgan fingerprint density at radius 2 is 2.11 bits per heavy atom. The number of rotatable bonds is 3. The lowest BCUT2D eigenvalue weighted by molar-refractivity contribution is 0.813. The van der Waals surface area contributed by atoms with E-state index in [-0.39, 0.29) is 0 Å². The van der Waals surface area contributed by atoms with Gasteiger partial charge in [0.2, 0.25) is 0 Å². The first-order valence-electron chi connectivity index (χ1n) is 5.99. The van der Waals surface area contributed by atoms with Gasteiger partial charge in [0.05, 0.1) is 22.8 Å². The van der Waals surface area contributed by atoms with E-state index >= 15 is 0 Å². The van der Waals surface area contributed by atoms with Crippen LogP contribution >= 0.6 is 11.6 Å². The topological polar surface area (TPSA) is 42.7 Å². The van der Waals surface area contributed by atoms with Gasteiger partial charge in [-0.3, -0.25) is 4.98 Å². The maximum atomic E-state index is 6.17. The monoisotopic (exact) mass is 272 g/mol. The Morgan fingerprint density at radius 3 is 2.89 bits per heavy atom. The minimum absolute atomic E-state index is 0.650. The van der Waals surface area contributed by atoms with Crippen LogP contribution in [0.5, 0.6) is 0 Å². The van der Waals surface area contributed by atoms with Crippen molar-refractivity contribution in [2.75, 3.05) is 5.32 Å². The van der Waals surface area contributed by atoms with Crippen molar-refractivity contribution in [1.82, 2.24) is 14.5 Å². The lowest BCUT2D eigenvalue weighted by atomic mass is 10.2. The van der Waals surface area contributed by atoms with E-state index < -0.39 is 0 Å². The molecule has 19 heavy (non-hydrogen) atoms. The van der Waals surface area contributed by atoms with E-state index in [1.165, 1.54) is 0 Å². The van der Waals surface area contributed by atoms with Gasteiger partial charge in [0, 0.05) is 31.0 Å². The van der Waals surface area contributed by atoms with E-state index in [0.29, 0.717) is 11.6 Å². The quantitative estimate of drug-likeness (QED) is 0.796. The Morgan fingerprint density at radius 1 is 1.21 bits per heavy atom. The molecule has 0 radical (unpaired) electrons. The van der Waals surface area contributed by atoms with Crippen molar-refractivity contribution in [3.63, 3.8) is 0 Å². The molecule has 3 rings (SSSR count). The Balaban J connectivity index is 1.93. The Kier molecular flexibility index (Phi) is 3.09. The number of benzene rings is 1. The zero-order chi connectivity index (χ0) is 13.2. The maximum Gasteiger partial charge on any atom is 0.127 e. The molecule has 3 aromatic rings. The molecule has 1 N–H and O–H groups in total. The summed E-state index contributed by atoms with van der Waals surface area (Å²) < 4.78 is 1.98. The minimum atomic E-state index is 0.650. The highest BCUT2D eigenvalue weighted by atomic mass is 35.5. The summed E-state index contributed by atoms with van der Waals surface area (Å²) in [4.78, 5) is 8.67. The van der Waals surface area contributed by atoms with E-state index in [4.69, 9.17) is 11.6 Å².